The fourth-order valence-corrected chi connectivity index (χ4v) is 5.07. The van der Waals surface area contributed by atoms with Crippen molar-refractivity contribution in [1.29, 1.82) is 0 Å². The highest BCUT2D eigenvalue weighted by Crippen LogP contribution is 2.35. The highest BCUT2D eigenvalue weighted by atomic mass is 35.5. The molecule has 26 heavy (non-hydrogen) atoms. The van der Waals surface area contributed by atoms with Crippen molar-refractivity contribution in [2.45, 2.75) is 17.4 Å². The number of pyridine rings is 1. The largest absolute Gasteiger partial charge is 0.493 e. The van der Waals surface area contributed by atoms with Crippen molar-refractivity contribution in [3.63, 3.8) is 0 Å². The Bertz CT molecular complexity index is 950. The van der Waals surface area contributed by atoms with Gasteiger partial charge in [-0.25, -0.2) is 13.4 Å². The predicted octanol–water partition coefficient (Wildman–Crippen LogP) is 1.12. The van der Waals surface area contributed by atoms with Crippen LogP contribution in [0.1, 0.15) is 6.42 Å². The molecular formula is C16H18ClN3O5S. The van der Waals surface area contributed by atoms with Crippen molar-refractivity contribution in [2.75, 3.05) is 26.8 Å². The van der Waals surface area contributed by atoms with Crippen LogP contribution in [-0.2, 0) is 19.6 Å². The van der Waals surface area contributed by atoms with Crippen LogP contribution >= 0.6 is 11.6 Å². The number of aromatic hydroxyl groups is 1. The van der Waals surface area contributed by atoms with Gasteiger partial charge in [0.25, 0.3) is 0 Å². The fraction of sp³-hybridized carbons (Fsp3) is 0.375. The van der Waals surface area contributed by atoms with Gasteiger partial charge in [-0.05, 0) is 18.6 Å². The summed E-state index contributed by atoms with van der Waals surface area (Å²) < 4.78 is 32.3. The van der Waals surface area contributed by atoms with E-state index in [1.165, 1.54) is 29.7 Å². The highest BCUT2D eigenvalue weighted by molar-refractivity contribution is 7.89. The lowest BCUT2D eigenvalue weighted by Gasteiger charge is -2.19. The fourth-order valence-electron chi connectivity index (χ4n) is 3.03. The molecular weight excluding hydrogens is 382 g/mol. The van der Waals surface area contributed by atoms with Crippen molar-refractivity contribution >= 4 is 38.3 Å². The summed E-state index contributed by atoms with van der Waals surface area (Å²) in [5.74, 6) is -0.575. The summed E-state index contributed by atoms with van der Waals surface area (Å²) in [4.78, 5) is 15.4. The number of rotatable bonds is 5. The van der Waals surface area contributed by atoms with Crippen molar-refractivity contribution in [3.05, 3.63) is 29.4 Å². The van der Waals surface area contributed by atoms with Gasteiger partial charge in [-0.2, -0.15) is 4.31 Å². The summed E-state index contributed by atoms with van der Waals surface area (Å²) in [6.07, 6.45) is 1.72. The van der Waals surface area contributed by atoms with Crippen LogP contribution in [0.5, 0.6) is 5.88 Å². The topological polar surface area (TPSA) is 109 Å². The van der Waals surface area contributed by atoms with E-state index in [4.69, 9.17) is 16.3 Å². The molecule has 1 aromatic carbocycles. The first-order chi connectivity index (χ1) is 12.3. The zero-order chi connectivity index (χ0) is 18.9. The Morgan fingerprint density at radius 2 is 2.27 bits per heavy atom. The standard InChI is InChI=1S/C16H18ClN3O5S/c1-25-9-14(21)19-10-5-6-20(8-10)26(23,24)13-4-2-3-11-15(13)12(17)7-18-16(11)22/h2-4,7,10H,5-6,8-9H2,1H3,(H,18,22)(H,19,21)/t10-/m1/s1. The molecule has 0 spiro atoms. The maximum Gasteiger partial charge on any atom is 0.246 e. The first-order valence-electron chi connectivity index (χ1n) is 7.89. The molecule has 2 heterocycles. The summed E-state index contributed by atoms with van der Waals surface area (Å²) >= 11 is 6.15. The van der Waals surface area contributed by atoms with E-state index in [0.29, 0.717) is 6.42 Å². The second-order valence-electron chi connectivity index (χ2n) is 5.96. The highest BCUT2D eigenvalue weighted by Gasteiger charge is 2.34. The van der Waals surface area contributed by atoms with E-state index < -0.39 is 10.0 Å². The van der Waals surface area contributed by atoms with E-state index in [2.05, 4.69) is 10.3 Å². The molecule has 0 aliphatic carbocycles. The van der Waals surface area contributed by atoms with Gasteiger partial charge in [-0.3, -0.25) is 4.79 Å². The van der Waals surface area contributed by atoms with E-state index in [9.17, 15) is 18.3 Å². The molecule has 1 fully saturated rings. The molecule has 0 unspecified atom stereocenters. The number of carbonyl (C=O) groups is 1. The van der Waals surface area contributed by atoms with Gasteiger partial charge in [0, 0.05) is 37.0 Å². The van der Waals surface area contributed by atoms with Gasteiger partial charge in [0.2, 0.25) is 21.8 Å². The van der Waals surface area contributed by atoms with E-state index in [-0.39, 0.29) is 58.2 Å². The molecule has 140 valence electrons. The molecule has 0 saturated carbocycles. The van der Waals surface area contributed by atoms with Crippen LogP contribution in [0.25, 0.3) is 10.8 Å². The van der Waals surface area contributed by atoms with Crippen molar-refractivity contribution < 1.29 is 23.1 Å². The molecule has 8 nitrogen and oxygen atoms in total. The van der Waals surface area contributed by atoms with Crippen LogP contribution in [-0.4, -0.2) is 61.6 Å². The Morgan fingerprint density at radius 1 is 1.50 bits per heavy atom. The lowest BCUT2D eigenvalue weighted by molar-refractivity contribution is -0.125. The van der Waals surface area contributed by atoms with Crippen LogP contribution in [0.4, 0.5) is 0 Å². The number of fused-ring (bicyclic) bond motifs is 1. The van der Waals surface area contributed by atoms with Crippen molar-refractivity contribution in [1.82, 2.24) is 14.6 Å². The van der Waals surface area contributed by atoms with E-state index in [1.54, 1.807) is 6.07 Å². The Kier molecular flexibility index (Phi) is 5.33. The molecule has 1 aliphatic rings. The van der Waals surface area contributed by atoms with E-state index >= 15 is 0 Å². The number of sulfonamides is 1. The molecule has 1 aliphatic heterocycles. The minimum Gasteiger partial charge on any atom is -0.493 e. The molecule has 1 atom stereocenters. The molecule has 1 saturated heterocycles. The smallest absolute Gasteiger partial charge is 0.246 e. The van der Waals surface area contributed by atoms with Crippen molar-refractivity contribution in [2.24, 2.45) is 0 Å². The normalized spacial score (nSPS) is 18.3. The zero-order valence-electron chi connectivity index (χ0n) is 14.0. The quantitative estimate of drug-likeness (QED) is 0.779. The van der Waals surface area contributed by atoms with Crippen molar-refractivity contribution in [3.8, 4) is 5.88 Å². The molecule has 2 N–H and O–H groups in total. The van der Waals surface area contributed by atoms with Crippen LogP contribution in [0.2, 0.25) is 5.02 Å². The van der Waals surface area contributed by atoms with Gasteiger partial charge in [0.05, 0.1) is 16.1 Å². The average Bonchev–Trinajstić information content (AvgIpc) is 3.07. The van der Waals surface area contributed by atoms with Crippen LogP contribution in [0.15, 0.2) is 29.3 Å². The monoisotopic (exact) mass is 399 g/mol. The van der Waals surface area contributed by atoms with Gasteiger partial charge in [-0.1, -0.05) is 17.7 Å². The number of aromatic nitrogens is 1. The summed E-state index contributed by atoms with van der Waals surface area (Å²) in [5.41, 5.74) is 0. The Balaban J connectivity index is 1.92. The molecule has 0 radical (unpaired) electrons. The molecule has 10 heteroatoms. The first-order valence-corrected chi connectivity index (χ1v) is 9.71. The summed E-state index contributed by atoms with van der Waals surface area (Å²) in [6, 6.07) is 4.24. The third-order valence-electron chi connectivity index (χ3n) is 4.22. The van der Waals surface area contributed by atoms with Gasteiger partial charge in [0.1, 0.15) is 6.61 Å². The number of nitrogens with zero attached hydrogens (tertiary/aromatic N) is 2. The second kappa shape index (κ2) is 7.36. The molecule has 0 bridgehead atoms. The number of halogens is 1. The number of benzene rings is 1. The number of nitrogens with one attached hydrogen (secondary N) is 1. The minimum absolute atomic E-state index is 0.00145. The summed E-state index contributed by atoms with van der Waals surface area (Å²) in [6.45, 7) is 0.350. The number of hydrogen-bond acceptors (Lipinski definition) is 6. The lowest BCUT2D eigenvalue weighted by atomic mass is 10.2. The van der Waals surface area contributed by atoms with Gasteiger partial charge >= 0.3 is 0 Å². The Hall–Kier alpha value is -1.94. The van der Waals surface area contributed by atoms with Crippen LogP contribution in [0, 0.1) is 0 Å². The lowest BCUT2D eigenvalue weighted by Crippen LogP contribution is -2.40. The molecule has 1 amide bonds. The predicted molar refractivity (Wildman–Crippen MR) is 95.6 cm³/mol. The number of carbonyl (C=O) groups excluding carboxylic acids is 1. The Morgan fingerprint density at radius 3 is 3.00 bits per heavy atom. The molecule has 1 aromatic heterocycles. The van der Waals surface area contributed by atoms with Crippen LogP contribution in [0.3, 0.4) is 0 Å². The van der Waals surface area contributed by atoms with Gasteiger partial charge < -0.3 is 15.2 Å². The van der Waals surface area contributed by atoms with Gasteiger partial charge in [0.15, 0.2) is 0 Å². The van der Waals surface area contributed by atoms with Crippen LogP contribution < -0.4 is 5.32 Å². The maximum absolute atomic E-state index is 13.1. The van der Waals surface area contributed by atoms with Gasteiger partial charge in [-0.15, -0.1) is 0 Å². The summed E-state index contributed by atoms with van der Waals surface area (Å²) in [5, 5.41) is 13.3. The third-order valence-corrected chi connectivity index (χ3v) is 6.41. The number of hydrogen-bond donors (Lipinski definition) is 2. The maximum atomic E-state index is 13.1. The average molecular weight is 400 g/mol. The first kappa shape index (κ1) is 18.8. The number of ether oxygens (including phenoxy) is 1. The third kappa shape index (κ3) is 3.48. The van der Waals surface area contributed by atoms with E-state index in [1.807, 2.05) is 0 Å². The summed E-state index contributed by atoms with van der Waals surface area (Å²) in [7, 11) is -2.44. The molecule has 2 aromatic rings. The molecule has 3 rings (SSSR count). The van der Waals surface area contributed by atoms with E-state index in [0.717, 1.165) is 0 Å². The SMILES string of the molecule is COCC(=O)N[C@@H]1CCN(S(=O)(=O)c2cccc3c(O)ncc(Cl)c23)C1. The number of methoxy groups -OCH3 is 1. The minimum atomic E-state index is -3.86. The number of amides is 1. The Labute approximate surface area is 155 Å². The zero-order valence-corrected chi connectivity index (χ0v) is 15.5. The second-order valence-corrected chi connectivity index (χ2v) is 8.27.